The van der Waals surface area contributed by atoms with Crippen molar-refractivity contribution in [3.63, 3.8) is 0 Å². The highest BCUT2D eigenvalue weighted by atomic mass is 16.7. The van der Waals surface area contributed by atoms with E-state index in [4.69, 9.17) is 18.9 Å². The molecule has 166 valence electrons. The topological polar surface area (TPSA) is 129 Å². The predicted octanol–water partition coefficient (Wildman–Crippen LogP) is 0.574. The van der Waals surface area contributed by atoms with Gasteiger partial charge < -0.3 is 18.9 Å². The lowest BCUT2D eigenvalue weighted by molar-refractivity contribution is -0.156. The minimum absolute atomic E-state index is 0.00287. The monoisotopic (exact) mass is 434 g/mol. The molecule has 1 aromatic carbocycles. The standard InChI is InChI=1S/C20H22N2O9/c1-28-8-9-29-10-11-30-20(27)31-12-21-16(23)7-6-15(19(21)26)22-17(24)13-4-2-3-5-14(13)18(22)25/h2-5,15H,6-12H2,1H3. The molecule has 0 bridgehead atoms. The summed E-state index contributed by atoms with van der Waals surface area (Å²) in [6, 6.07) is 5.09. The lowest BCUT2D eigenvalue weighted by Gasteiger charge is -2.33. The zero-order chi connectivity index (χ0) is 22.4. The Morgan fingerprint density at radius 1 is 0.968 bits per heavy atom. The second-order valence-corrected chi connectivity index (χ2v) is 6.72. The van der Waals surface area contributed by atoms with E-state index in [0.29, 0.717) is 18.1 Å². The van der Waals surface area contributed by atoms with Crippen LogP contribution in [0.2, 0.25) is 0 Å². The minimum atomic E-state index is -1.15. The molecule has 4 amide bonds. The summed E-state index contributed by atoms with van der Waals surface area (Å²) in [5, 5.41) is 0. The average molecular weight is 434 g/mol. The molecule has 2 aliphatic heterocycles. The van der Waals surface area contributed by atoms with E-state index in [-0.39, 0.29) is 37.2 Å². The number of ether oxygens (including phenoxy) is 4. The van der Waals surface area contributed by atoms with Gasteiger partial charge in [0.15, 0.2) is 6.73 Å². The Hall–Kier alpha value is -3.31. The fraction of sp³-hybridized carbons (Fsp3) is 0.450. The number of methoxy groups -OCH3 is 1. The Morgan fingerprint density at radius 2 is 1.61 bits per heavy atom. The number of hydrogen-bond donors (Lipinski definition) is 0. The van der Waals surface area contributed by atoms with Crippen molar-refractivity contribution < 1.29 is 42.9 Å². The van der Waals surface area contributed by atoms with Gasteiger partial charge in [0.2, 0.25) is 5.91 Å². The van der Waals surface area contributed by atoms with Gasteiger partial charge in [-0.2, -0.15) is 0 Å². The Labute approximate surface area is 177 Å². The van der Waals surface area contributed by atoms with Gasteiger partial charge in [-0.05, 0) is 18.6 Å². The lowest BCUT2D eigenvalue weighted by Crippen LogP contribution is -2.56. The van der Waals surface area contributed by atoms with Crippen molar-refractivity contribution in [3.8, 4) is 0 Å². The molecule has 0 radical (unpaired) electrons. The van der Waals surface area contributed by atoms with Gasteiger partial charge >= 0.3 is 6.16 Å². The maximum absolute atomic E-state index is 12.8. The third-order valence-electron chi connectivity index (χ3n) is 4.81. The molecular formula is C20H22N2O9. The number of carbonyl (C=O) groups excluding carboxylic acids is 5. The highest BCUT2D eigenvalue weighted by molar-refractivity contribution is 6.23. The third-order valence-corrected chi connectivity index (χ3v) is 4.81. The summed E-state index contributed by atoms with van der Waals surface area (Å²) in [4.78, 5) is 63.5. The number of nitrogens with zero attached hydrogens (tertiary/aromatic N) is 2. The van der Waals surface area contributed by atoms with Crippen LogP contribution in [0.5, 0.6) is 0 Å². The number of likely N-dealkylation sites (tertiary alicyclic amines) is 1. The van der Waals surface area contributed by atoms with E-state index in [9.17, 15) is 24.0 Å². The van der Waals surface area contributed by atoms with Crippen molar-refractivity contribution >= 4 is 29.8 Å². The van der Waals surface area contributed by atoms with E-state index in [1.165, 1.54) is 19.2 Å². The Bertz CT molecular complexity index is 850. The van der Waals surface area contributed by atoms with Gasteiger partial charge in [0, 0.05) is 13.5 Å². The fourth-order valence-electron chi connectivity index (χ4n) is 3.27. The number of fused-ring (bicyclic) bond motifs is 1. The molecule has 11 nitrogen and oxygen atoms in total. The van der Waals surface area contributed by atoms with Crippen molar-refractivity contribution in [1.82, 2.24) is 9.80 Å². The molecule has 0 saturated carbocycles. The Balaban J connectivity index is 1.55. The summed E-state index contributed by atoms with van der Waals surface area (Å²) >= 11 is 0. The number of rotatable bonds is 9. The molecule has 31 heavy (non-hydrogen) atoms. The van der Waals surface area contributed by atoms with Gasteiger partial charge in [-0.1, -0.05) is 12.1 Å². The molecule has 1 fully saturated rings. The molecule has 2 heterocycles. The highest BCUT2D eigenvalue weighted by Crippen LogP contribution is 2.28. The molecule has 0 aliphatic carbocycles. The van der Waals surface area contributed by atoms with Gasteiger partial charge in [0.1, 0.15) is 12.6 Å². The molecule has 1 atom stereocenters. The van der Waals surface area contributed by atoms with E-state index < -0.39 is 42.6 Å². The number of hydrogen-bond acceptors (Lipinski definition) is 9. The van der Waals surface area contributed by atoms with Crippen LogP contribution in [0.3, 0.4) is 0 Å². The van der Waals surface area contributed by atoms with Gasteiger partial charge in [0.05, 0.1) is 30.9 Å². The van der Waals surface area contributed by atoms with Crippen molar-refractivity contribution in [1.29, 1.82) is 0 Å². The van der Waals surface area contributed by atoms with Crippen LogP contribution < -0.4 is 0 Å². The summed E-state index contributed by atoms with van der Waals surface area (Å²) in [5.41, 5.74) is 0.410. The average Bonchev–Trinajstić information content (AvgIpc) is 3.01. The smallest absolute Gasteiger partial charge is 0.432 e. The van der Waals surface area contributed by atoms with E-state index in [1.807, 2.05) is 0 Å². The van der Waals surface area contributed by atoms with Crippen LogP contribution in [0, 0.1) is 0 Å². The summed E-state index contributed by atoms with van der Waals surface area (Å²) in [7, 11) is 1.53. The Kier molecular flexibility index (Phi) is 7.32. The molecule has 0 N–H and O–H groups in total. The second-order valence-electron chi connectivity index (χ2n) is 6.72. The number of carbonyl (C=O) groups is 5. The van der Waals surface area contributed by atoms with E-state index in [2.05, 4.69) is 0 Å². The van der Waals surface area contributed by atoms with Gasteiger partial charge in [-0.15, -0.1) is 0 Å². The Morgan fingerprint density at radius 3 is 2.26 bits per heavy atom. The molecule has 1 unspecified atom stereocenters. The summed E-state index contributed by atoms with van der Waals surface area (Å²) in [6.45, 7) is 0.105. The molecular weight excluding hydrogens is 412 g/mol. The third kappa shape index (κ3) is 4.89. The summed E-state index contributed by atoms with van der Waals surface area (Å²) in [6.07, 6.45) is -1.17. The quantitative estimate of drug-likeness (QED) is 0.311. The number of amides is 4. The number of imide groups is 2. The van der Waals surface area contributed by atoms with Gasteiger partial charge in [-0.25, -0.2) is 9.69 Å². The van der Waals surface area contributed by atoms with Crippen LogP contribution in [0.1, 0.15) is 33.6 Å². The van der Waals surface area contributed by atoms with Crippen molar-refractivity contribution in [2.45, 2.75) is 18.9 Å². The molecule has 0 spiro atoms. The fourth-order valence-corrected chi connectivity index (χ4v) is 3.27. The van der Waals surface area contributed by atoms with Gasteiger partial charge in [0.25, 0.3) is 17.7 Å². The minimum Gasteiger partial charge on any atom is -0.432 e. The molecule has 1 aromatic rings. The van der Waals surface area contributed by atoms with Crippen molar-refractivity contribution in [3.05, 3.63) is 35.4 Å². The van der Waals surface area contributed by atoms with Crippen LogP contribution in [0.4, 0.5) is 4.79 Å². The lowest BCUT2D eigenvalue weighted by atomic mass is 10.0. The highest BCUT2D eigenvalue weighted by Gasteiger charge is 2.47. The molecule has 11 heteroatoms. The molecule has 1 saturated heterocycles. The first-order chi connectivity index (χ1) is 15.0. The zero-order valence-electron chi connectivity index (χ0n) is 16.9. The molecule has 3 rings (SSSR count). The van der Waals surface area contributed by atoms with E-state index in [0.717, 1.165) is 4.90 Å². The van der Waals surface area contributed by atoms with Crippen LogP contribution in [0.25, 0.3) is 0 Å². The normalized spacial score (nSPS) is 18.4. The van der Waals surface area contributed by atoms with Crippen molar-refractivity contribution in [2.24, 2.45) is 0 Å². The first-order valence-corrected chi connectivity index (χ1v) is 9.63. The van der Waals surface area contributed by atoms with Crippen LogP contribution >= 0.6 is 0 Å². The second kappa shape index (κ2) is 10.1. The maximum atomic E-state index is 12.8. The zero-order valence-corrected chi connectivity index (χ0v) is 16.9. The van der Waals surface area contributed by atoms with Crippen molar-refractivity contribution in [2.75, 3.05) is 40.3 Å². The SMILES string of the molecule is COCCOCCOC(=O)OCN1C(=O)CCC(N2C(=O)c3ccccc3C2=O)C1=O. The first-order valence-electron chi connectivity index (χ1n) is 9.63. The van der Waals surface area contributed by atoms with Gasteiger partial charge in [-0.3, -0.25) is 24.1 Å². The van der Waals surface area contributed by atoms with E-state index in [1.54, 1.807) is 12.1 Å². The number of benzene rings is 1. The summed E-state index contributed by atoms with van der Waals surface area (Å²) in [5.74, 6) is -2.56. The van der Waals surface area contributed by atoms with Crippen LogP contribution in [0.15, 0.2) is 24.3 Å². The van der Waals surface area contributed by atoms with Crippen LogP contribution in [-0.4, -0.2) is 85.9 Å². The summed E-state index contributed by atoms with van der Waals surface area (Å²) < 4.78 is 19.5. The first kappa shape index (κ1) is 22.4. The molecule has 0 aromatic heterocycles. The number of piperidine rings is 1. The maximum Gasteiger partial charge on any atom is 0.510 e. The predicted molar refractivity (Wildman–Crippen MR) is 102 cm³/mol. The molecule has 2 aliphatic rings. The largest absolute Gasteiger partial charge is 0.510 e. The van der Waals surface area contributed by atoms with E-state index >= 15 is 0 Å². The van der Waals surface area contributed by atoms with Crippen LogP contribution in [-0.2, 0) is 28.5 Å².